The predicted molar refractivity (Wildman–Crippen MR) is 55.6 cm³/mol. The molecule has 0 amide bonds. The van der Waals surface area contributed by atoms with Gasteiger partial charge in [0.25, 0.3) is 0 Å². The standard InChI is InChI=1S/C11H18FNO/c1-13(2)8-5-9-14-11-7-4-3-6-10(11)12/h6-7H,3-5,8-9H2,1-2H3. The van der Waals surface area contributed by atoms with E-state index in [1.54, 1.807) is 6.08 Å². The number of nitrogens with zero attached hydrogens (tertiary/aromatic N) is 1. The van der Waals surface area contributed by atoms with Crippen LogP contribution in [0.4, 0.5) is 4.39 Å². The summed E-state index contributed by atoms with van der Waals surface area (Å²) in [5.41, 5.74) is 0. The van der Waals surface area contributed by atoms with E-state index in [2.05, 4.69) is 4.90 Å². The summed E-state index contributed by atoms with van der Waals surface area (Å²) in [4.78, 5) is 2.09. The molecule has 0 fully saturated rings. The molecule has 14 heavy (non-hydrogen) atoms. The lowest BCUT2D eigenvalue weighted by Gasteiger charge is -2.13. The van der Waals surface area contributed by atoms with Gasteiger partial charge in [-0.2, -0.15) is 0 Å². The highest BCUT2D eigenvalue weighted by molar-refractivity contribution is 5.22. The lowest BCUT2D eigenvalue weighted by Crippen LogP contribution is -2.14. The first-order valence-corrected chi connectivity index (χ1v) is 5.04. The van der Waals surface area contributed by atoms with Crippen LogP contribution >= 0.6 is 0 Å². The van der Waals surface area contributed by atoms with Crippen molar-refractivity contribution in [3.05, 3.63) is 23.7 Å². The molecule has 0 aliphatic heterocycles. The molecule has 0 N–H and O–H groups in total. The first-order chi connectivity index (χ1) is 6.70. The van der Waals surface area contributed by atoms with Gasteiger partial charge < -0.3 is 9.64 Å². The molecule has 0 unspecified atom stereocenters. The van der Waals surface area contributed by atoms with Gasteiger partial charge in [-0.05, 0) is 45.5 Å². The van der Waals surface area contributed by atoms with E-state index in [9.17, 15) is 4.39 Å². The van der Waals surface area contributed by atoms with Crippen molar-refractivity contribution in [2.75, 3.05) is 27.2 Å². The molecule has 3 heteroatoms. The van der Waals surface area contributed by atoms with Crippen LogP contribution in [0.1, 0.15) is 19.3 Å². The highest BCUT2D eigenvalue weighted by atomic mass is 19.1. The molecule has 0 heterocycles. The zero-order chi connectivity index (χ0) is 10.4. The fourth-order valence-electron chi connectivity index (χ4n) is 1.31. The molecule has 1 aliphatic rings. The SMILES string of the molecule is CN(C)CCCOC1=CCCC=C1F. The largest absolute Gasteiger partial charge is 0.491 e. The summed E-state index contributed by atoms with van der Waals surface area (Å²) in [6, 6.07) is 0. The molecule has 2 nitrogen and oxygen atoms in total. The van der Waals surface area contributed by atoms with Gasteiger partial charge in [-0.3, -0.25) is 0 Å². The van der Waals surface area contributed by atoms with Crippen LogP contribution in [0, 0.1) is 0 Å². The fourth-order valence-corrected chi connectivity index (χ4v) is 1.31. The third-order valence-corrected chi connectivity index (χ3v) is 2.06. The molecule has 1 aliphatic carbocycles. The van der Waals surface area contributed by atoms with Gasteiger partial charge in [-0.1, -0.05) is 0 Å². The lowest BCUT2D eigenvalue weighted by molar-refractivity contribution is 0.191. The van der Waals surface area contributed by atoms with Gasteiger partial charge in [0.1, 0.15) is 0 Å². The van der Waals surface area contributed by atoms with Gasteiger partial charge in [0.2, 0.25) is 0 Å². The maximum absolute atomic E-state index is 13.1. The van der Waals surface area contributed by atoms with Gasteiger partial charge >= 0.3 is 0 Å². The maximum atomic E-state index is 13.1. The fraction of sp³-hybridized carbons (Fsp3) is 0.636. The molecule has 1 rings (SSSR count). The van der Waals surface area contributed by atoms with E-state index < -0.39 is 0 Å². The van der Waals surface area contributed by atoms with Gasteiger partial charge in [0, 0.05) is 6.54 Å². The van der Waals surface area contributed by atoms with E-state index in [0.29, 0.717) is 12.4 Å². The predicted octanol–water partition coefficient (Wildman–Crippen LogP) is 2.49. The minimum Gasteiger partial charge on any atom is -0.491 e. The third-order valence-electron chi connectivity index (χ3n) is 2.06. The highest BCUT2D eigenvalue weighted by Gasteiger charge is 2.08. The summed E-state index contributed by atoms with van der Waals surface area (Å²) in [5.74, 6) is 0.219. The van der Waals surface area contributed by atoms with Gasteiger partial charge in [-0.15, -0.1) is 0 Å². The molecule has 0 spiro atoms. The zero-order valence-electron chi connectivity index (χ0n) is 8.92. The Balaban J connectivity index is 2.18. The summed E-state index contributed by atoms with van der Waals surface area (Å²) >= 11 is 0. The number of hydrogen-bond donors (Lipinski definition) is 0. The molecule has 0 saturated carbocycles. The Hall–Kier alpha value is -0.830. The van der Waals surface area contributed by atoms with Crippen LogP contribution < -0.4 is 0 Å². The number of allylic oxidation sites excluding steroid dienone is 3. The first-order valence-electron chi connectivity index (χ1n) is 5.04. The van der Waals surface area contributed by atoms with Crippen molar-refractivity contribution in [2.24, 2.45) is 0 Å². The molecule has 0 aromatic rings. The molecular weight excluding hydrogens is 181 g/mol. The minimum absolute atomic E-state index is 0.207. The zero-order valence-corrected chi connectivity index (χ0v) is 8.92. The minimum atomic E-state index is -0.207. The lowest BCUT2D eigenvalue weighted by atomic mass is 10.1. The van der Waals surface area contributed by atoms with Crippen molar-refractivity contribution in [3.63, 3.8) is 0 Å². The van der Waals surface area contributed by atoms with Crippen LogP contribution in [0.2, 0.25) is 0 Å². The van der Waals surface area contributed by atoms with Crippen molar-refractivity contribution in [1.29, 1.82) is 0 Å². The molecule has 0 aromatic carbocycles. The Kier molecular flexibility index (Phi) is 4.66. The summed E-state index contributed by atoms with van der Waals surface area (Å²) in [6.07, 6.45) is 6.01. The van der Waals surface area contributed by atoms with E-state index in [1.165, 1.54) is 0 Å². The summed E-state index contributed by atoms with van der Waals surface area (Å²) < 4.78 is 18.4. The summed E-state index contributed by atoms with van der Waals surface area (Å²) in [5, 5.41) is 0. The van der Waals surface area contributed by atoms with Crippen molar-refractivity contribution in [2.45, 2.75) is 19.3 Å². The van der Waals surface area contributed by atoms with Gasteiger partial charge in [-0.25, -0.2) is 4.39 Å². The topological polar surface area (TPSA) is 12.5 Å². The normalized spacial score (nSPS) is 16.6. The smallest absolute Gasteiger partial charge is 0.160 e. The second-order valence-electron chi connectivity index (χ2n) is 3.70. The summed E-state index contributed by atoms with van der Waals surface area (Å²) in [7, 11) is 4.03. The van der Waals surface area contributed by atoms with Gasteiger partial charge in [0.15, 0.2) is 11.6 Å². The molecule has 0 atom stereocenters. The Labute approximate surface area is 85.0 Å². The van der Waals surface area contributed by atoms with E-state index in [4.69, 9.17) is 4.74 Å². The van der Waals surface area contributed by atoms with Gasteiger partial charge in [0.05, 0.1) is 6.61 Å². The van der Waals surface area contributed by atoms with Crippen LogP contribution in [-0.2, 0) is 4.74 Å². The van der Waals surface area contributed by atoms with Crippen LogP contribution in [-0.4, -0.2) is 32.1 Å². The molecule has 80 valence electrons. The van der Waals surface area contributed by atoms with Crippen LogP contribution in [0.25, 0.3) is 0 Å². The Morgan fingerprint density at radius 1 is 1.36 bits per heavy atom. The quantitative estimate of drug-likeness (QED) is 0.631. The highest BCUT2D eigenvalue weighted by Crippen LogP contribution is 2.20. The maximum Gasteiger partial charge on any atom is 0.160 e. The van der Waals surface area contributed by atoms with Crippen LogP contribution in [0.5, 0.6) is 0 Å². The number of ether oxygens (including phenoxy) is 1. The Bertz CT molecular complexity index is 233. The van der Waals surface area contributed by atoms with E-state index >= 15 is 0 Å². The van der Waals surface area contributed by atoms with E-state index in [1.807, 2.05) is 20.2 Å². The van der Waals surface area contributed by atoms with Crippen molar-refractivity contribution < 1.29 is 9.13 Å². The van der Waals surface area contributed by atoms with Crippen molar-refractivity contribution in [3.8, 4) is 0 Å². The van der Waals surface area contributed by atoms with Crippen molar-refractivity contribution >= 4 is 0 Å². The monoisotopic (exact) mass is 199 g/mol. The average molecular weight is 199 g/mol. The number of halogens is 1. The molecule has 0 saturated heterocycles. The molecule has 0 radical (unpaired) electrons. The average Bonchev–Trinajstić information content (AvgIpc) is 2.15. The van der Waals surface area contributed by atoms with Crippen molar-refractivity contribution in [1.82, 2.24) is 4.90 Å². The van der Waals surface area contributed by atoms with E-state index in [-0.39, 0.29) is 5.83 Å². The molecular formula is C11H18FNO. The number of rotatable bonds is 5. The summed E-state index contributed by atoms with van der Waals surface area (Å²) in [6.45, 7) is 1.56. The molecule has 0 bridgehead atoms. The number of hydrogen-bond acceptors (Lipinski definition) is 2. The first kappa shape index (κ1) is 11.2. The van der Waals surface area contributed by atoms with Crippen LogP contribution in [0.3, 0.4) is 0 Å². The second kappa shape index (κ2) is 5.81. The van der Waals surface area contributed by atoms with Crippen LogP contribution in [0.15, 0.2) is 23.7 Å². The van der Waals surface area contributed by atoms with E-state index in [0.717, 1.165) is 25.8 Å². The molecule has 0 aromatic heterocycles. The Morgan fingerprint density at radius 3 is 2.71 bits per heavy atom. The second-order valence-corrected chi connectivity index (χ2v) is 3.70. The Morgan fingerprint density at radius 2 is 2.07 bits per heavy atom. The third kappa shape index (κ3) is 3.92.